The van der Waals surface area contributed by atoms with Gasteiger partial charge in [-0.3, -0.25) is 0 Å². The standard InChI is InChI=1S/C9H18N2O.ClH/c1-3-8-6-4-5-7-11(8)9(12)10-2;/h8H,3-7H2,1-2H3,(H,10,12);1H. The van der Waals surface area contributed by atoms with Crippen molar-refractivity contribution >= 4 is 18.4 Å². The van der Waals surface area contributed by atoms with E-state index in [0.717, 1.165) is 19.4 Å². The first-order chi connectivity index (χ1) is 5.79. The van der Waals surface area contributed by atoms with Crippen LogP contribution in [-0.2, 0) is 0 Å². The number of carbonyl (C=O) groups is 1. The first-order valence-electron chi connectivity index (χ1n) is 4.78. The van der Waals surface area contributed by atoms with Gasteiger partial charge in [0.2, 0.25) is 0 Å². The molecule has 0 aliphatic carbocycles. The molecular formula is C9H19ClN2O. The van der Waals surface area contributed by atoms with Crippen molar-refractivity contribution in [3.05, 3.63) is 0 Å². The highest BCUT2D eigenvalue weighted by molar-refractivity contribution is 5.85. The molecule has 0 aromatic carbocycles. The third-order valence-electron chi connectivity index (χ3n) is 2.57. The van der Waals surface area contributed by atoms with E-state index in [-0.39, 0.29) is 18.4 Å². The van der Waals surface area contributed by atoms with E-state index in [9.17, 15) is 4.79 Å². The van der Waals surface area contributed by atoms with Crippen molar-refractivity contribution in [2.45, 2.75) is 38.6 Å². The van der Waals surface area contributed by atoms with Gasteiger partial charge in [0.1, 0.15) is 0 Å². The van der Waals surface area contributed by atoms with E-state index in [1.165, 1.54) is 12.8 Å². The lowest BCUT2D eigenvalue weighted by atomic mass is 10.0. The number of nitrogens with zero attached hydrogens (tertiary/aromatic N) is 1. The van der Waals surface area contributed by atoms with Crippen LogP contribution in [0.25, 0.3) is 0 Å². The second-order valence-corrected chi connectivity index (χ2v) is 3.31. The molecule has 3 nitrogen and oxygen atoms in total. The van der Waals surface area contributed by atoms with Gasteiger partial charge in [0.25, 0.3) is 0 Å². The van der Waals surface area contributed by atoms with Crippen molar-refractivity contribution in [3.63, 3.8) is 0 Å². The summed E-state index contributed by atoms with van der Waals surface area (Å²) in [5.41, 5.74) is 0. The molecule has 0 spiro atoms. The third kappa shape index (κ3) is 3.07. The van der Waals surface area contributed by atoms with Gasteiger partial charge < -0.3 is 10.2 Å². The summed E-state index contributed by atoms with van der Waals surface area (Å²) in [7, 11) is 1.70. The zero-order chi connectivity index (χ0) is 8.97. The fraction of sp³-hybridized carbons (Fsp3) is 0.889. The Labute approximate surface area is 86.3 Å². The van der Waals surface area contributed by atoms with Crippen LogP contribution >= 0.6 is 12.4 Å². The molecule has 0 saturated carbocycles. The van der Waals surface area contributed by atoms with Crippen LogP contribution in [0.2, 0.25) is 0 Å². The van der Waals surface area contributed by atoms with Crippen molar-refractivity contribution < 1.29 is 4.79 Å². The minimum atomic E-state index is 0. The number of likely N-dealkylation sites (tertiary alicyclic amines) is 1. The fourth-order valence-corrected chi connectivity index (χ4v) is 1.84. The van der Waals surface area contributed by atoms with Gasteiger partial charge in [0, 0.05) is 19.6 Å². The molecule has 1 aliphatic rings. The quantitative estimate of drug-likeness (QED) is 0.700. The molecule has 4 heteroatoms. The lowest BCUT2D eigenvalue weighted by molar-refractivity contribution is 0.150. The van der Waals surface area contributed by atoms with E-state index in [1.54, 1.807) is 7.05 Å². The smallest absolute Gasteiger partial charge is 0.317 e. The number of hydrogen-bond donors (Lipinski definition) is 1. The topological polar surface area (TPSA) is 32.3 Å². The summed E-state index contributed by atoms with van der Waals surface area (Å²) in [6.45, 7) is 3.07. The van der Waals surface area contributed by atoms with E-state index in [2.05, 4.69) is 12.2 Å². The van der Waals surface area contributed by atoms with Gasteiger partial charge in [-0.1, -0.05) is 6.92 Å². The Kier molecular flexibility index (Phi) is 5.88. The number of urea groups is 1. The van der Waals surface area contributed by atoms with Gasteiger partial charge in [-0.05, 0) is 25.7 Å². The molecule has 1 unspecified atom stereocenters. The van der Waals surface area contributed by atoms with Gasteiger partial charge in [-0.25, -0.2) is 4.79 Å². The van der Waals surface area contributed by atoms with Crippen LogP contribution in [0, 0.1) is 0 Å². The van der Waals surface area contributed by atoms with Crippen LogP contribution in [0.5, 0.6) is 0 Å². The summed E-state index contributed by atoms with van der Waals surface area (Å²) in [5, 5.41) is 2.69. The molecule has 1 aliphatic heterocycles. The molecule has 1 N–H and O–H groups in total. The van der Waals surface area contributed by atoms with Gasteiger partial charge in [0.15, 0.2) is 0 Å². The lowest BCUT2D eigenvalue weighted by Crippen LogP contribution is -2.47. The molecule has 2 amide bonds. The Morgan fingerprint density at radius 2 is 2.23 bits per heavy atom. The molecule has 0 radical (unpaired) electrons. The molecule has 1 atom stereocenters. The molecule has 1 heterocycles. The maximum atomic E-state index is 11.4. The predicted molar refractivity (Wildman–Crippen MR) is 56.3 cm³/mol. The average Bonchev–Trinajstić information content (AvgIpc) is 2.16. The van der Waals surface area contributed by atoms with Gasteiger partial charge in [-0.15, -0.1) is 12.4 Å². The number of rotatable bonds is 1. The molecule has 1 rings (SSSR count). The van der Waals surface area contributed by atoms with Crippen molar-refractivity contribution in [2.24, 2.45) is 0 Å². The Morgan fingerprint density at radius 3 is 2.77 bits per heavy atom. The SMILES string of the molecule is CCC1CCCCN1C(=O)NC.Cl. The number of carbonyl (C=O) groups excluding carboxylic acids is 1. The number of piperidine rings is 1. The molecule has 78 valence electrons. The van der Waals surface area contributed by atoms with Gasteiger partial charge in [0.05, 0.1) is 0 Å². The maximum absolute atomic E-state index is 11.4. The van der Waals surface area contributed by atoms with Gasteiger partial charge >= 0.3 is 6.03 Å². The highest BCUT2D eigenvalue weighted by atomic mass is 35.5. The number of amides is 2. The van der Waals surface area contributed by atoms with E-state index in [0.29, 0.717) is 6.04 Å². The summed E-state index contributed by atoms with van der Waals surface area (Å²) in [4.78, 5) is 13.3. The Balaban J connectivity index is 0.00000144. The van der Waals surface area contributed by atoms with Crippen molar-refractivity contribution in [3.8, 4) is 0 Å². The minimum Gasteiger partial charge on any atom is -0.341 e. The lowest BCUT2D eigenvalue weighted by Gasteiger charge is -2.34. The number of hydrogen-bond acceptors (Lipinski definition) is 1. The first kappa shape index (κ1) is 12.6. The van der Waals surface area contributed by atoms with Crippen molar-refractivity contribution in [1.29, 1.82) is 0 Å². The fourth-order valence-electron chi connectivity index (χ4n) is 1.84. The van der Waals surface area contributed by atoms with Gasteiger partial charge in [-0.2, -0.15) is 0 Å². The summed E-state index contributed by atoms with van der Waals surface area (Å²) in [5.74, 6) is 0. The van der Waals surface area contributed by atoms with E-state index in [4.69, 9.17) is 0 Å². The van der Waals surface area contributed by atoms with E-state index >= 15 is 0 Å². The average molecular weight is 207 g/mol. The monoisotopic (exact) mass is 206 g/mol. The number of nitrogens with one attached hydrogen (secondary N) is 1. The zero-order valence-corrected chi connectivity index (χ0v) is 9.19. The second-order valence-electron chi connectivity index (χ2n) is 3.31. The van der Waals surface area contributed by atoms with Crippen LogP contribution in [0.3, 0.4) is 0 Å². The van der Waals surface area contributed by atoms with Crippen LogP contribution in [-0.4, -0.2) is 30.6 Å². The summed E-state index contributed by atoms with van der Waals surface area (Å²) >= 11 is 0. The van der Waals surface area contributed by atoms with Crippen LogP contribution < -0.4 is 5.32 Å². The second kappa shape index (κ2) is 6.08. The Morgan fingerprint density at radius 1 is 1.54 bits per heavy atom. The molecular weight excluding hydrogens is 188 g/mol. The third-order valence-corrected chi connectivity index (χ3v) is 2.57. The molecule has 1 fully saturated rings. The molecule has 13 heavy (non-hydrogen) atoms. The predicted octanol–water partition coefficient (Wildman–Crippen LogP) is 2.01. The van der Waals surface area contributed by atoms with Crippen molar-refractivity contribution in [2.75, 3.05) is 13.6 Å². The highest BCUT2D eigenvalue weighted by Gasteiger charge is 2.23. The summed E-state index contributed by atoms with van der Waals surface area (Å²) in [6, 6.07) is 0.556. The molecule has 0 bridgehead atoms. The molecule has 1 saturated heterocycles. The van der Waals surface area contributed by atoms with Crippen LogP contribution in [0.1, 0.15) is 32.6 Å². The van der Waals surface area contributed by atoms with Crippen LogP contribution in [0.15, 0.2) is 0 Å². The number of halogens is 1. The minimum absolute atomic E-state index is 0. The molecule has 0 aromatic rings. The summed E-state index contributed by atoms with van der Waals surface area (Å²) < 4.78 is 0. The Bertz CT molecular complexity index is 164. The first-order valence-corrected chi connectivity index (χ1v) is 4.78. The van der Waals surface area contributed by atoms with E-state index < -0.39 is 0 Å². The largest absolute Gasteiger partial charge is 0.341 e. The zero-order valence-electron chi connectivity index (χ0n) is 8.38. The summed E-state index contributed by atoms with van der Waals surface area (Å²) in [6.07, 6.45) is 4.67. The highest BCUT2D eigenvalue weighted by Crippen LogP contribution is 2.18. The Hall–Kier alpha value is -0.440. The van der Waals surface area contributed by atoms with Crippen LogP contribution in [0.4, 0.5) is 4.79 Å². The maximum Gasteiger partial charge on any atom is 0.317 e. The normalized spacial score (nSPS) is 22.0. The molecule has 0 aromatic heterocycles. The van der Waals surface area contributed by atoms with Crippen molar-refractivity contribution in [1.82, 2.24) is 10.2 Å². The van der Waals surface area contributed by atoms with E-state index in [1.807, 2.05) is 4.90 Å².